The van der Waals surface area contributed by atoms with E-state index >= 15 is 0 Å². The normalized spacial score (nSPS) is 13.7. The Balaban J connectivity index is 2.45. The van der Waals surface area contributed by atoms with Crippen molar-refractivity contribution in [1.82, 2.24) is 9.97 Å². The number of nitrogens with one attached hydrogen (secondary N) is 1. The number of imidazole rings is 1. The molecule has 74 valence electrons. The summed E-state index contributed by atoms with van der Waals surface area (Å²) in [6, 6.07) is 8.17. The summed E-state index contributed by atoms with van der Waals surface area (Å²) < 4.78 is 0. The smallest absolute Gasteiger partial charge is 0.110 e. The molecule has 2 heteroatoms. The van der Waals surface area contributed by atoms with Crippen LogP contribution in [-0.2, 0) is 0 Å². The van der Waals surface area contributed by atoms with E-state index in [0.717, 1.165) is 16.9 Å². The second-order valence-corrected chi connectivity index (χ2v) is 4.17. The van der Waals surface area contributed by atoms with Gasteiger partial charge in [0.15, 0.2) is 0 Å². The van der Waals surface area contributed by atoms with Crippen molar-refractivity contribution in [1.29, 1.82) is 0 Å². The van der Waals surface area contributed by atoms with Crippen LogP contribution in [0.4, 0.5) is 0 Å². The quantitative estimate of drug-likeness (QED) is 0.769. The monoisotopic (exact) mass is 188 g/mol. The van der Waals surface area contributed by atoms with Crippen molar-refractivity contribution >= 4 is 11.0 Å². The Morgan fingerprint density at radius 3 is 2.50 bits per heavy atom. The standard InChI is InChI=1S/C12H16N2/c1-8(2)9(3)12-13-10-6-4-5-7-11(10)14-12/h4-9H,1-3H3,(H,13,14)/t9-/m0/s1. The summed E-state index contributed by atoms with van der Waals surface area (Å²) in [5.74, 6) is 2.21. The van der Waals surface area contributed by atoms with Gasteiger partial charge in [-0.1, -0.05) is 32.9 Å². The van der Waals surface area contributed by atoms with Gasteiger partial charge in [0.05, 0.1) is 11.0 Å². The minimum atomic E-state index is 0.488. The summed E-state index contributed by atoms with van der Waals surface area (Å²) in [7, 11) is 0. The molecule has 14 heavy (non-hydrogen) atoms. The van der Waals surface area contributed by atoms with E-state index in [2.05, 4.69) is 36.8 Å². The second kappa shape index (κ2) is 3.45. The van der Waals surface area contributed by atoms with Gasteiger partial charge in [0.25, 0.3) is 0 Å². The first-order valence-corrected chi connectivity index (χ1v) is 5.13. The van der Waals surface area contributed by atoms with Gasteiger partial charge < -0.3 is 4.98 Å². The number of hydrogen-bond donors (Lipinski definition) is 1. The predicted molar refractivity (Wildman–Crippen MR) is 59.3 cm³/mol. The second-order valence-electron chi connectivity index (χ2n) is 4.17. The molecule has 0 radical (unpaired) electrons. The SMILES string of the molecule is CC(C)[C@H](C)c1nc2ccccc2[nH]1. The van der Waals surface area contributed by atoms with E-state index in [9.17, 15) is 0 Å². The lowest BCUT2D eigenvalue weighted by atomic mass is 9.98. The molecule has 2 aromatic rings. The molecule has 2 nitrogen and oxygen atoms in total. The average Bonchev–Trinajstić information content (AvgIpc) is 2.59. The van der Waals surface area contributed by atoms with E-state index in [0.29, 0.717) is 11.8 Å². The van der Waals surface area contributed by atoms with Crippen LogP contribution in [0.1, 0.15) is 32.5 Å². The fraction of sp³-hybridized carbons (Fsp3) is 0.417. The van der Waals surface area contributed by atoms with Crippen LogP contribution in [0.25, 0.3) is 11.0 Å². The largest absolute Gasteiger partial charge is 0.342 e. The van der Waals surface area contributed by atoms with Gasteiger partial charge in [-0.05, 0) is 18.1 Å². The van der Waals surface area contributed by atoms with Crippen LogP contribution in [0.15, 0.2) is 24.3 Å². The topological polar surface area (TPSA) is 28.7 Å². The molecule has 1 aromatic carbocycles. The van der Waals surface area contributed by atoms with Gasteiger partial charge in [0, 0.05) is 5.92 Å². The van der Waals surface area contributed by atoms with Crippen LogP contribution in [0.2, 0.25) is 0 Å². The van der Waals surface area contributed by atoms with Crippen molar-refractivity contribution in [2.24, 2.45) is 5.92 Å². The highest BCUT2D eigenvalue weighted by Crippen LogP contribution is 2.23. The zero-order valence-corrected chi connectivity index (χ0v) is 8.91. The van der Waals surface area contributed by atoms with Gasteiger partial charge in [-0.3, -0.25) is 0 Å². The van der Waals surface area contributed by atoms with E-state index in [1.807, 2.05) is 18.2 Å². The molecule has 0 unspecified atom stereocenters. The third-order valence-corrected chi connectivity index (χ3v) is 2.84. The van der Waals surface area contributed by atoms with E-state index < -0.39 is 0 Å². The van der Waals surface area contributed by atoms with Gasteiger partial charge in [0.2, 0.25) is 0 Å². The molecule has 0 amide bonds. The molecule has 1 atom stereocenters. The Morgan fingerprint density at radius 1 is 1.14 bits per heavy atom. The zero-order chi connectivity index (χ0) is 10.1. The first-order chi connectivity index (χ1) is 6.68. The van der Waals surface area contributed by atoms with Crippen LogP contribution in [0.5, 0.6) is 0 Å². The average molecular weight is 188 g/mol. The summed E-state index contributed by atoms with van der Waals surface area (Å²) in [6.07, 6.45) is 0. The Morgan fingerprint density at radius 2 is 1.86 bits per heavy atom. The van der Waals surface area contributed by atoms with Crippen molar-refractivity contribution < 1.29 is 0 Å². The van der Waals surface area contributed by atoms with Gasteiger partial charge >= 0.3 is 0 Å². The summed E-state index contributed by atoms with van der Waals surface area (Å²) in [5.41, 5.74) is 2.20. The van der Waals surface area contributed by atoms with E-state index in [1.165, 1.54) is 0 Å². The molecule has 0 spiro atoms. The first kappa shape index (κ1) is 9.25. The molecule has 1 aromatic heterocycles. The zero-order valence-electron chi connectivity index (χ0n) is 8.91. The highest BCUT2D eigenvalue weighted by molar-refractivity contribution is 5.74. The molecular formula is C12H16N2. The van der Waals surface area contributed by atoms with E-state index in [1.54, 1.807) is 0 Å². The number of aromatic nitrogens is 2. The minimum absolute atomic E-state index is 0.488. The van der Waals surface area contributed by atoms with Crippen LogP contribution in [0, 0.1) is 5.92 Å². The lowest BCUT2D eigenvalue weighted by Gasteiger charge is -2.11. The number of hydrogen-bond acceptors (Lipinski definition) is 1. The number of aromatic amines is 1. The molecule has 0 saturated heterocycles. The Bertz CT molecular complexity index is 396. The lowest BCUT2D eigenvalue weighted by molar-refractivity contribution is 0.515. The maximum absolute atomic E-state index is 4.58. The number of rotatable bonds is 2. The van der Waals surface area contributed by atoms with Crippen molar-refractivity contribution in [2.45, 2.75) is 26.7 Å². The minimum Gasteiger partial charge on any atom is -0.342 e. The van der Waals surface area contributed by atoms with Crippen LogP contribution < -0.4 is 0 Å². The Labute approximate surface area is 84.4 Å². The Kier molecular flexibility index (Phi) is 2.28. The highest BCUT2D eigenvalue weighted by Gasteiger charge is 2.13. The fourth-order valence-corrected chi connectivity index (χ4v) is 1.50. The summed E-state index contributed by atoms with van der Waals surface area (Å²) in [6.45, 7) is 6.65. The molecule has 0 aliphatic carbocycles. The molecule has 0 aliphatic heterocycles. The molecule has 0 bridgehead atoms. The van der Waals surface area contributed by atoms with Crippen LogP contribution in [0.3, 0.4) is 0 Å². The summed E-state index contributed by atoms with van der Waals surface area (Å²) in [4.78, 5) is 7.94. The van der Waals surface area contributed by atoms with Crippen LogP contribution >= 0.6 is 0 Å². The number of fused-ring (bicyclic) bond motifs is 1. The lowest BCUT2D eigenvalue weighted by Crippen LogP contribution is -2.03. The molecule has 2 rings (SSSR count). The van der Waals surface area contributed by atoms with Crippen molar-refractivity contribution in [3.8, 4) is 0 Å². The summed E-state index contributed by atoms with van der Waals surface area (Å²) in [5, 5.41) is 0. The maximum atomic E-state index is 4.58. The molecule has 0 saturated carbocycles. The molecule has 1 N–H and O–H groups in total. The number of benzene rings is 1. The van der Waals surface area contributed by atoms with E-state index in [-0.39, 0.29) is 0 Å². The summed E-state index contributed by atoms with van der Waals surface area (Å²) >= 11 is 0. The van der Waals surface area contributed by atoms with Gasteiger partial charge in [-0.15, -0.1) is 0 Å². The molecule has 0 aliphatic rings. The van der Waals surface area contributed by atoms with Gasteiger partial charge in [0.1, 0.15) is 5.82 Å². The molecule has 1 heterocycles. The number of para-hydroxylation sites is 2. The number of H-pyrrole nitrogens is 1. The highest BCUT2D eigenvalue weighted by atomic mass is 14.9. The van der Waals surface area contributed by atoms with Crippen molar-refractivity contribution in [3.05, 3.63) is 30.1 Å². The number of nitrogens with zero attached hydrogens (tertiary/aromatic N) is 1. The molecule has 0 fully saturated rings. The Hall–Kier alpha value is -1.31. The maximum Gasteiger partial charge on any atom is 0.110 e. The van der Waals surface area contributed by atoms with Crippen molar-refractivity contribution in [3.63, 3.8) is 0 Å². The third kappa shape index (κ3) is 1.52. The van der Waals surface area contributed by atoms with E-state index in [4.69, 9.17) is 0 Å². The van der Waals surface area contributed by atoms with Crippen molar-refractivity contribution in [2.75, 3.05) is 0 Å². The van der Waals surface area contributed by atoms with Gasteiger partial charge in [-0.2, -0.15) is 0 Å². The molecular weight excluding hydrogens is 172 g/mol. The third-order valence-electron chi connectivity index (χ3n) is 2.84. The fourth-order valence-electron chi connectivity index (χ4n) is 1.50. The predicted octanol–water partition coefficient (Wildman–Crippen LogP) is 3.32. The van der Waals surface area contributed by atoms with Crippen LogP contribution in [-0.4, -0.2) is 9.97 Å². The van der Waals surface area contributed by atoms with Gasteiger partial charge in [-0.25, -0.2) is 4.98 Å². The first-order valence-electron chi connectivity index (χ1n) is 5.13.